The minimum atomic E-state index is -1.24. The lowest BCUT2D eigenvalue weighted by atomic mass is 9.93. The highest BCUT2D eigenvalue weighted by atomic mass is 35.5. The van der Waals surface area contributed by atoms with Gasteiger partial charge in [-0.1, -0.05) is 41.9 Å². The van der Waals surface area contributed by atoms with Crippen LogP contribution in [0.2, 0.25) is 5.02 Å². The number of nitrogens with zero attached hydrogens (tertiary/aromatic N) is 2. The second-order valence-electron chi connectivity index (χ2n) is 5.66. The Morgan fingerprint density at radius 2 is 2.00 bits per heavy atom. The molecule has 23 heavy (non-hydrogen) atoms. The molecule has 0 fully saturated rings. The molecule has 2 aromatic carbocycles. The Labute approximate surface area is 146 Å². The summed E-state index contributed by atoms with van der Waals surface area (Å²) in [6.45, 7) is 1.55. The van der Waals surface area contributed by atoms with Crippen molar-refractivity contribution in [2.75, 3.05) is 18.8 Å². The van der Waals surface area contributed by atoms with E-state index in [2.05, 4.69) is 4.99 Å². The van der Waals surface area contributed by atoms with Gasteiger partial charge in [-0.2, -0.15) is 0 Å². The van der Waals surface area contributed by atoms with E-state index in [9.17, 15) is 5.11 Å². The highest BCUT2D eigenvalue weighted by Crippen LogP contribution is 2.44. The molecule has 0 aromatic heterocycles. The molecule has 0 amide bonds. The first-order valence-corrected chi connectivity index (χ1v) is 7.70. The van der Waals surface area contributed by atoms with E-state index in [0.717, 1.165) is 36.5 Å². The quantitative estimate of drug-likeness (QED) is 0.778. The molecule has 0 bridgehead atoms. The second kappa shape index (κ2) is 5.71. The van der Waals surface area contributed by atoms with Crippen molar-refractivity contribution in [3.8, 4) is 0 Å². The predicted molar refractivity (Wildman–Crippen MR) is 95.3 cm³/mol. The summed E-state index contributed by atoms with van der Waals surface area (Å²) in [5, 5.41) is 12.1. The average molecular weight is 350 g/mol. The van der Waals surface area contributed by atoms with Gasteiger partial charge in [0.15, 0.2) is 5.72 Å². The number of hydrogen-bond donors (Lipinski definition) is 2. The highest BCUT2D eigenvalue weighted by Gasteiger charge is 2.48. The zero-order chi connectivity index (χ0) is 15.3. The number of nitrogen functional groups attached to an aromatic ring is 1. The molecule has 2 heterocycles. The standard InChI is InChI=1S/C17H16ClN3O.ClH/c18-14-7-6-11(10-15(14)19)17(22)13-5-2-1-4-12(13)16-20-8-3-9-21(16)17;/h1-2,4-7,10,22H,3,8-9,19H2;1H. The summed E-state index contributed by atoms with van der Waals surface area (Å²) in [7, 11) is 0. The molecule has 1 unspecified atom stereocenters. The third-order valence-corrected chi connectivity index (χ3v) is 4.73. The topological polar surface area (TPSA) is 61.9 Å². The molecule has 6 heteroatoms. The summed E-state index contributed by atoms with van der Waals surface area (Å²) in [6, 6.07) is 13.2. The molecule has 3 N–H and O–H groups in total. The van der Waals surface area contributed by atoms with Crippen LogP contribution in [0.25, 0.3) is 0 Å². The number of anilines is 1. The molecule has 0 aliphatic carbocycles. The number of halogens is 2. The van der Waals surface area contributed by atoms with Crippen LogP contribution in [0, 0.1) is 0 Å². The van der Waals surface area contributed by atoms with E-state index in [0.29, 0.717) is 16.3 Å². The number of rotatable bonds is 1. The minimum Gasteiger partial charge on any atom is -0.398 e. The van der Waals surface area contributed by atoms with E-state index in [1.54, 1.807) is 12.1 Å². The van der Waals surface area contributed by atoms with Crippen LogP contribution in [0.5, 0.6) is 0 Å². The van der Waals surface area contributed by atoms with Crippen molar-refractivity contribution in [2.24, 2.45) is 4.99 Å². The fourth-order valence-corrected chi connectivity index (χ4v) is 3.47. The van der Waals surface area contributed by atoms with Crippen molar-refractivity contribution in [3.63, 3.8) is 0 Å². The lowest BCUT2D eigenvalue weighted by Crippen LogP contribution is -2.47. The number of fused-ring (bicyclic) bond motifs is 3. The van der Waals surface area contributed by atoms with E-state index in [1.807, 2.05) is 35.2 Å². The SMILES string of the molecule is Cl.Nc1cc(C2(O)c3ccccc3C3=NCCCN32)ccc1Cl. The summed E-state index contributed by atoms with van der Waals surface area (Å²) >= 11 is 6.03. The zero-order valence-corrected chi connectivity index (χ0v) is 13.9. The van der Waals surface area contributed by atoms with Gasteiger partial charge in [-0.3, -0.25) is 4.99 Å². The molecular formula is C17H17Cl2N3O. The second-order valence-corrected chi connectivity index (χ2v) is 6.07. The maximum absolute atomic E-state index is 11.6. The largest absolute Gasteiger partial charge is 0.398 e. The Kier molecular flexibility index (Phi) is 4.00. The molecule has 2 aliphatic rings. The lowest BCUT2D eigenvalue weighted by Gasteiger charge is -2.37. The summed E-state index contributed by atoms with van der Waals surface area (Å²) < 4.78 is 0. The first-order valence-electron chi connectivity index (χ1n) is 7.32. The fourth-order valence-electron chi connectivity index (χ4n) is 3.35. The van der Waals surface area contributed by atoms with Crippen molar-refractivity contribution < 1.29 is 5.11 Å². The van der Waals surface area contributed by atoms with Gasteiger partial charge >= 0.3 is 0 Å². The summed E-state index contributed by atoms with van der Waals surface area (Å²) in [5.41, 5.74) is 7.71. The van der Waals surface area contributed by atoms with Crippen LogP contribution >= 0.6 is 24.0 Å². The van der Waals surface area contributed by atoms with Gasteiger partial charge in [0.25, 0.3) is 0 Å². The number of aliphatic hydroxyl groups is 1. The Bertz CT molecular complexity index is 793. The molecule has 0 saturated heterocycles. The smallest absolute Gasteiger partial charge is 0.193 e. The van der Waals surface area contributed by atoms with Crippen molar-refractivity contribution in [1.82, 2.24) is 4.90 Å². The van der Waals surface area contributed by atoms with Crippen LogP contribution in [0.15, 0.2) is 47.5 Å². The third kappa shape index (κ3) is 2.21. The van der Waals surface area contributed by atoms with Crippen molar-refractivity contribution in [3.05, 3.63) is 64.2 Å². The van der Waals surface area contributed by atoms with Gasteiger partial charge in [0.1, 0.15) is 5.84 Å². The van der Waals surface area contributed by atoms with Gasteiger partial charge in [0, 0.05) is 29.8 Å². The lowest BCUT2D eigenvalue weighted by molar-refractivity contribution is -0.0317. The first-order chi connectivity index (χ1) is 10.6. The van der Waals surface area contributed by atoms with Gasteiger partial charge < -0.3 is 15.7 Å². The Morgan fingerprint density at radius 1 is 1.22 bits per heavy atom. The molecule has 4 nitrogen and oxygen atoms in total. The van der Waals surface area contributed by atoms with Crippen LogP contribution < -0.4 is 5.73 Å². The Morgan fingerprint density at radius 3 is 2.78 bits per heavy atom. The third-order valence-electron chi connectivity index (χ3n) is 4.39. The highest BCUT2D eigenvalue weighted by molar-refractivity contribution is 6.33. The summed E-state index contributed by atoms with van der Waals surface area (Å²) in [6.07, 6.45) is 0.920. The van der Waals surface area contributed by atoms with Crippen LogP contribution in [-0.2, 0) is 5.72 Å². The van der Waals surface area contributed by atoms with E-state index in [4.69, 9.17) is 17.3 Å². The van der Waals surface area contributed by atoms with Gasteiger partial charge in [-0.15, -0.1) is 12.4 Å². The molecule has 1 atom stereocenters. The normalized spacial score (nSPS) is 22.0. The molecule has 120 valence electrons. The molecular weight excluding hydrogens is 333 g/mol. The Balaban J connectivity index is 0.00000156. The summed E-state index contributed by atoms with van der Waals surface area (Å²) in [4.78, 5) is 6.58. The number of aliphatic imine (C=N–C) groups is 1. The van der Waals surface area contributed by atoms with Crippen LogP contribution in [-0.4, -0.2) is 28.9 Å². The molecule has 0 saturated carbocycles. The summed E-state index contributed by atoms with van der Waals surface area (Å²) in [5.74, 6) is 0.859. The monoisotopic (exact) mass is 349 g/mol. The van der Waals surface area contributed by atoms with Crippen molar-refractivity contribution >= 4 is 35.5 Å². The molecule has 0 radical (unpaired) electrons. The van der Waals surface area contributed by atoms with Gasteiger partial charge in [0.2, 0.25) is 0 Å². The molecule has 2 aromatic rings. The first kappa shape index (κ1) is 16.1. The molecule has 0 spiro atoms. The number of benzene rings is 2. The minimum absolute atomic E-state index is 0. The van der Waals surface area contributed by atoms with E-state index in [-0.39, 0.29) is 12.4 Å². The van der Waals surface area contributed by atoms with Gasteiger partial charge in [-0.25, -0.2) is 0 Å². The van der Waals surface area contributed by atoms with Crippen molar-refractivity contribution in [2.45, 2.75) is 12.1 Å². The van der Waals surface area contributed by atoms with E-state index < -0.39 is 5.72 Å². The fraction of sp³-hybridized carbons (Fsp3) is 0.235. The van der Waals surface area contributed by atoms with Crippen molar-refractivity contribution in [1.29, 1.82) is 0 Å². The van der Waals surface area contributed by atoms with Gasteiger partial charge in [-0.05, 0) is 18.6 Å². The Hall–Kier alpha value is -1.75. The van der Waals surface area contributed by atoms with Gasteiger partial charge in [0.05, 0.1) is 10.7 Å². The van der Waals surface area contributed by atoms with E-state index in [1.165, 1.54) is 0 Å². The number of amidine groups is 1. The van der Waals surface area contributed by atoms with E-state index >= 15 is 0 Å². The predicted octanol–water partition coefficient (Wildman–Crippen LogP) is 3.00. The zero-order valence-electron chi connectivity index (χ0n) is 12.4. The van der Waals surface area contributed by atoms with Crippen LogP contribution in [0.4, 0.5) is 5.69 Å². The number of hydrogen-bond acceptors (Lipinski definition) is 4. The average Bonchev–Trinajstić information content (AvgIpc) is 2.82. The molecule has 2 aliphatic heterocycles. The molecule has 4 rings (SSSR count). The van der Waals surface area contributed by atoms with Crippen LogP contribution in [0.1, 0.15) is 23.1 Å². The van der Waals surface area contributed by atoms with Crippen LogP contribution in [0.3, 0.4) is 0 Å². The maximum atomic E-state index is 11.6. The maximum Gasteiger partial charge on any atom is 0.193 e. The number of nitrogens with two attached hydrogens (primary N) is 1.